The van der Waals surface area contributed by atoms with Crippen molar-refractivity contribution in [3.05, 3.63) is 51.5 Å². The molecule has 39 heavy (non-hydrogen) atoms. The molecule has 0 aromatic carbocycles. The topological polar surface area (TPSA) is 79.9 Å². The van der Waals surface area contributed by atoms with Gasteiger partial charge in [0.05, 0.1) is 11.4 Å². The summed E-state index contributed by atoms with van der Waals surface area (Å²) in [5.74, 6) is 1.60. The zero-order chi connectivity index (χ0) is 27.6. The van der Waals surface area contributed by atoms with Gasteiger partial charge in [-0.25, -0.2) is 9.50 Å². The van der Waals surface area contributed by atoms with Crippen molar-refractivity contribution in [2.45, 2.75) is 85.7 Å². The summed E-state index contributed by atoms with van der Waals surface area (Å²) in [5, 5.41) is 14.4. The first kappa shape index (κ1) is 26.2. The second-order valence-electron chi connectivity index (χ2n) is 11.9. The molecule has 206 valence electrons. The number of piperidine rings is 1. The first-order valence-electron chi connectivity index (χ1n) is 14.2. The number of fused-ring (bicyclic) bond motifs is 2. The van der Waals surface area contributed by atoms with Gasteiger partial charge < -0.3 is 4.98 Å². The number of hydrogen-bond acceptors (Lipinski definition) is 6. The number of thiophene rings is 1. The number of pyridine rings is 1. The minimum atomic E-state index is 0.399. The zero-order valence-corrected chi connectivity index (χ0v) is 25.2. The summed E-state index contributed by atoms with van der Waals surface area (Å²) < 4.78 is 3.71. The van der Waals surface area contributed by atoms with Gasteiger partial charge in [0.2, 0.25) is 0 Å². The highest BCUT2D eigenvalue weighted by atomic mass is 32.1. The van der Waals surface area contributed by atoms with Crippen LogP contribution >= 0.6 is 11.3 Å². The number of H-pyrrole nitrogens is 1. The van der Waals surface area contributed by atoms with Crippen LogP contribution in [0.4, 0.5) is 0 Å². The summed E-state index contributed by atoms with van der Waals surface area (Å²) in [4.78, 5) is 13.9. The smallest absolute Gasteiger partial charge is 0.158 e. The average Bonchev–Trinajstić information content (AvgIpc) is 3.67. The van der Waals surface area contributed by atoms with Crippen LogP contribution in [-0.2, 0) is 13.6 Å². The molecule has 5 aromatic rings. The minimum Gasteiger partial charge on any atom is -0.346 e. The van der Waals surface area contributed by atoms with Crippen LogP contribution in [0.5, 0.6) is 0 Å². The second kappa shape index (κ2) is 9.86. The van der Waals surface area contributed by atoms with Crippen LogP contribution < -0.4 is 0 Å². The Balaban J connectivity index is 1.39. The number of rotatable bonds is 6. The number of aryl methyl sites for hydroxylation is 3. The molecule has 1 N–H and O–H groups in total. The molecule has 0 amide bonds. The Kier molecular flexibility index (Phi) is 6.62. The Morgan fingerprint density at radius 3 is 2.62 bits per heavy atom. The van der Waals surface area contributed by atoms with Crippen molar-refractivity contribution in [1.29, 1.82) is 0 Å². The molecule has 5 aromatic heterocycles. The molecule has 0 bridgehead atoms. The summed E-state index contributed by atoms with van der Waals surface area (Å²) in [7, 11) is 1.94. The van der Waals surface area contributed by atoms with E-state index in [0.29, 0.717) is 23.8 Å². The Hall–Kier alpha value is -3.04. The molecular formula is C30H40N8S. The lowest BCUT2D eigenvalue weighted by atomic mass is 9.78. The quantitative estimate of drug-likeness (QED) is 0.263. The number of aromatic nitrogens is 7. The van der Waals surface area contributed by atoms with E-state index >= 15 is 0 Å². The fourth-order valence-electron chi connectivity index (χ4n) is 6.80. The first-order valence-corrected chi connectivity index (χ1v) is 15.0. The minimum absolute atomic E-state index is 0.399. The summed E-state index contributed by atoms with van der Waals surface area (Å²) in [5.41, 5.74) is 9.78. The number of nitrogens with zero attached hydrogens (tertiary/aromatic N) is 7. The lowest BCUT2D eigenvalue weighted by Gasteiger charge is -2.42. The molecule has 1 aliphatic rings. The SMILES string of the molecule is CC[C@H]1CN(Cc2cn(C)nn2)[C@@H](C)C[C@@H]1c1sc2[nH]c(-c3cn4ncnc4c(C)c3C)c(C(C)C)c2c1C. The molecule has 0 aliphatic carbocycles. The largest absolute Gasteiger partial charge is 0.346 e. The van der Waals surface area contributed by atoms with Crippen molar-refractivity contribution in [2.75, 3.05) is 6.54 Å². The van der Waals surface area contributed by atoms with E-state index < -0.39 is 0 Å². The van der Waals surface area contributed by atoms with Gasteiger partial charge in [-0.3, -0.25) is 9.58 Å². The predicted octanol–water partition coefficient (Wildman–Crippen LogP) is 6.52. The van der Waals surface area contributed by atoms with Gasteiger partial charge in [0.25, 0.3) is 0 Å². The first-order chi connectivity index (χ1) is 18.7. The maximum Gasteiger partial charge on any atom is 0.158 e. The molecule has 6 heterocycles. The molecule has 0 saturated carbocycles. The van der Waals surface area contributed by atoms with Crippen LogP contribution in [0.25, 0.3) is 27.1 Å². The van der Waals surface area contributed by atoms with Gasteiger partial charge in [0.15, 0.2) is 5.65 Å². The van der Waals surface area contributed by atoms with Crippen LogP contribution in [0.15, 0.2) is 18.7 Å². The van der Waals surface area contributed by atoms with Gasteiger partial charge in [-0.05, 0) is 74.1 Å². The molecular weight excluding hydrogens is 504 g/mol. The van der Waals surface area contributed by atoms with Crippen molar-refractivity contribution in [3.8, 4) is 11.3 Å². The lowest BCUT2D eigenvalue weighted by Crippen LogP contribution is -2.44. The summed E-state index contributed by atoms with van der Waals surface area (Å²) >= 11 is 1.99. The van der Waals surface area contributed by atoms with Gasteiger partial charge in [-0.1, -0.05) is 32.4 Å². The Morgan fingerprint density at radius 1 is 1.13 bits per heavy atom. The molecule has 0 radical (unpaired) electrons. The Labute approximate surface area is 234 Å². The molecule has 9 heteroatoms. The Morgan fingerprint density at radius 2 is 1.92 bits per heavy atom. The number of hydrogen-bond donors (Lipinski definition) is 1. The van der Waals surface area contributed by atoms with Crippen molar-refractivity contribution >= 4 is 27.2 Å². The molecule has 1 fully saturated rings. The third kappa shape index (κ3) is 4.30. The molecule has 1 aliphatic heterocycles. The Bertz CT molecular complexity index is 1650. The predicted molar refractivity (Wildman–Crippen MR) is 158 cm³/mol. The lowest BCUT2D eigenvalue weighted by molar-refractivity contribution is 0.0901. The number of aromatic amines is 1. The van der Waals surface area contributed by atoms with Gasteiger partial charge in [0.1, 0.15) is 11.2 Å². The molecule has 6 rings (SSSR count). The van der Waals surface area contributed by atoms with E-state index in [1.807, 2.05) is 29.1 Å². The third-order valence-electron chi connectivity index (χ3n) is 9.07. The van der Waals surface area contributed by atoms with Crippen molar-refractivity contribution < 1.29 is 0 Å². The van der Waals surface area contributed by atoms with Gasteiger partial charge in [-0.15, -0.1) is 16.4 Å². The van der Waals surface area contributed by atoms with Crippen LogP contribution in [-0.4, -0.2) is 52.1 Å². The zero-order valence-electron chi connectivity index (χ0n) is 24.4. The number of likely N-dealkylation sites (tertiary alicyclic amines) is 1. The average molecular weight is 545 g/mol. The van der Waals surface area contributed by atoms with E-state index in [1.54, 1.807) is 15.9 Å². The van der Waals surface area contributed by atoms with Crippen LogP contribution in [0.1, 0.15) is 85.2 Å². The van der Waals surface area contributed by atoms with E-state index in [2.05, 4.69) is 84.9 Å². The highest BCUT2D eigenvalue weighted by molar-refractivity contribution is 7.19. The van der Waals surface area contributed by atoms with Crippen LogP contribution in [0.2, 0.25) is 0 Å². The normalized spacial score (nSPS) is 20.7. The van der Waals surface area contributed by atoms with E-state index in [1.165, 1.54) is 56.6 Å². The summed E-state index contributed by atoms with van der Waals surface area (Å²) in [6, 6.07) is 0.500. The summed E-state index contributed by atoms with van der Waals surface area (Å²) in [6.45, 7) is 18.1. The van der Waals surface area contributed by atoms with Crippen LogP contribution in [0, 0.1) is 26.7 Å². The molecule has 8 nitrogen and oxygen atoms in total. The number of nitrogens with one attached hydrogen (secondary N) is 1. The molecule has 0 unspecified atom stereocenters. The van der Waals surface area contributed by atoms with E-state index in [-0.39, 0.29) is 0 Å². The molecule has 1 saturated heterocycles. The van der Waals surface area contributed by atoms with E-state index in [9.17, 15) is 0 Å². The van der Waals surface area contributed by atoms with E-state index in [4.69, 9.17) is 0 Å². The maximum absolute atomic E-state index is 4.47. The fraction of sp³-hybridized carbons (Fsp3) is 0.533. The van der Waals surface area contributed by atoms with Gasteiger partial charge in [0, 0.05) is 54.4 Å². The third-order valence-corrected chi connectivity index (χ3v) is 10.4. The standard InChI is InChI=1S/C30H40N8S/c1-9-21-11-37(13-22-12-36(8)35-34-22)17(4)10-23(21)28-20(7)26-25(16(2)3)27(33-30(26)39-28)24-14-38-29(31-15-32-38)19(6)18(24)5/h12,14-17,21,23,33H,9-11,13H2,1-8H3/t17-,21-,23-/m0/s1. The molecule has 0 spiro atoms. The maximum atomic E-state index is 4.47. The van der Waals surface area contributed by atoms with Crippen molar-refractivity contribution in [1.82, 2.24) is 39.5 Å². The van der Waals surface area contributed by atoms with E-state index in [0.717, 1.165) is 24.4 Å². The highest BCUT2D eigenvalue weighted by Gasteiger charge is 2.36. The van der Waals surface area contributed by atoms with Gasteiger partial charge >= 0.3 is 0 Å². The fourth-order valence-corrected chi connectivity index (χ4v) is 8.23. The second-order valence-corrected chi connectivity index (χ2v) is 12.9. The van der Waals surface area contributed by atoms with Gasteiger partial charge in [-0.2, -0.15) is 5.10 Å². The van der Waals surface area contributed by atoms with Crippen molar-refractivity contribution in [2.24, 2.45) is 13.0 Å². The van der Waals surface area contributed by atoms with Crippen molar-refractivity contribution in [3.63, 3.8) is 0 Å². The molecule has 3 atom stereocenters. The highest BCUT2D eigenvalue weighted by Crippen LogP contribution is 2.48. The monoisotopic (exact) mass is 544 g/mol. The summed E-state index contributed by atoms with van der Waals surface area (Å²) in [6.07, 6.45) is 8.18. The van der Waals surface area contributed by atoms with Crippen LogP contribution in [0.3, 0.4) is 0 Å².